The maximum Gasteiger partial charge on any atom is 0.258 e. The van der Waals surface area contributed by atoms with E-state index in [9.17, 15) is 4.79 Å². The Balaban J connectivity index is 2.78. The lowest BCUT2D eigenvalue weighted by atomic mass is 10.0. The molecule has 1 aromatic carbocycles. The van der Waals surface area contributed by atoms with Crippen LogP contribution >= 0.6 is 12.2 Å². The third-order valence-corrected chi connectivity index (χ3v) is 2.24. The fraction of sp³-hybridized carbons (Fsp3) is 0. The van der Waals surface area contributed by atoms with Gasteiger partial charge >= 0.3 is 0 Å². The minimum Gasteiger partial charge on any atom is -0.312 e. The summed E-state index contributed by atoms with van der Waals surface area (Å²) in [6.45, 7) is 0. The SMILES string of the molecule is C#Cc1cccc2c1C(=O)NC2=S. The third-order valence-electron chi connectivity index (χ3n) is 1.92. The van der Waals surface area contributed by atoms with Gasteiger partial charge in [-0.1, -0.05) is 30.3 Å². The van der Waals surface area contributed by atoms with Gasteiger partial charge in [0.2, 0.25) is 0 Å². The molecule has 1 heterocycles. The van der Waals surface area contributed by atoms with Gasteiger partial charge in [-0.2, -0.15) is 0 Å². The van der Waals surface area contributed by atoms with Crippen molar-refractivity contribution in [2.45, 2.75) is 0 Å². The van der Waals surface area contributed by atoms with E-state index in [1.807, 2.05) is 0 Å². The lowest BCUT2D eigenvalue weighted by Crippen LogP contribution is -2.19. The highest BCUT2D eigenvalue weighted by molar-refractivity contribution is 7.80. The summed E-state index contributed by atoms with van der Waals surface area (Å²) < 4.78 is 0. The summed E-state index contributed by atoms with van der Waals surface area (Å²) in [6, 6.07) is 5.31. The molecule has 0 saturated carbocycles. The van der Waals surface area contributed by atoms with Crippen molar-refractivity contribution in [1.82, 2.24) is 5.32 Å². The van der Waals surface area contributed by atoms with E-state index < -0.39 is 0 Å². The van der Waals surface area contributed by atoms with E-state index in [0.29, 0.717) is 16.1 Å². The van der Waals surface area contributed by atoms with Gasteiger partial charge in [0.05, 0.1) is 5.56 Å². The fourth-order valence-corrected chi connectivity index (χ4v) is 1.60. The molecule has 62 valence electrons. The van der Waals surface area contributed by atoms with Crippen molar-refractivity contribution >= 4 is 23.1 Å². The van der Waals surface area contributed by atoms with Crippen LogP contribution in [0, 0.1) is 12.3 Å². The number of hydrogen-bond donors (Lipinski definition) is 1. The molecule has 0 atom stereocenters. The highest BCUT2D eigenvalue weighted by Gasteiger charge is 2.25. The summed E-state index contributed by atoms with van der Waals surface area (Å²) in [5, 5.41) is 2.55. The molecule has 0 aliphatic carbocycles. The van der Waals surface area contributed by atoms with Crippen LogP contribution in [0.3, 0.4) is 0 Å². The van der Waals surface area contributed by atoms with Crippen LogP contribution in [-0.2, 0) is 0 Å². The van der Waals surface area contributed by atoms with Crippen LogP contribution in [0.15, 0.2) is 18.2 Å². The summed E-state index contributed by atoms with van der Waals surface area (Å²) in [7, 11) is 0. The third kappa shape index (κ3) is 1.04. The molecule has 0 unspecified atom stereocenters. The largest absolute Gasteiger partial charge is 0.312 e. The van der Waals surface area contributed by atoms with Crippen LogP contribution in [0.2, 0.25) is 0 Å². The number of carbonyl (C=O) groups excluding carboxylic acids is 1. The van der Waals surface area contributed by atoms with Gasteiger partial charge in [0, 0.05) is 11.1 Å². The van der Waals surface area contributed by atoms with Crippen LogP contribution in [0.4, 0.5) is 0 Å². The molecule has 3 heteroatoms. The van der Waals surface area contributed by atoms with Crippen molar-refractivity contribution in [3.8, 4) is 12.3 Å². The highest BCUT2D eigenvalue weighted by atomic mass is 32.1. The summed E-state index contributed by atoms with van der Waals surface area (Å²) in [6.07, 6.45) is 5.26. The van der Waals surface area contributed by atoms with E-state index in [-0.39, 0.29) is 5.91 Å². The second-order valence-electron chi connectivity index (χ2n) is 2.66. The highest BCUT2D eigenvalue weighted by Crippen LogP contribution is 2.19. The molecule has 1 aliphatic rings. The predicted octanol–water partition coefficient (Wildman–Crippen LogP) is 1.09. The molecule has 2 nitrogen and oxygen atoms in total. The molecule has 0 fully saturated rings. The van der Waals surface area contributed by atoms with E-state index in [0.717, 1.165) is 5.56 Å². The van der Waals surface area contributed by atoms with Gasteiger partial charge in [-0.25, -0.2) is 0 Å². The summed E-state index contributed by atoms with van der Waals surface area (Å²) in [5.41, 5.74) is 1.85. The molecule has 2 rings (SSSR count). The summed E-state index contributed by atoms with van der Waals surface area (Å²) in [4.78, 5) is 11.8. The number of terminal acetylenes is 1. The molecular formula is C10H5NOS. The van der Waals surface area contributed by atoms with Gasteiger partial charge in [0.15, 0.2) is 0 Å². The Morgan fingerprint density at radius 2 is 2.23 bits per heavy atom. The molecule has 1 aliphatic heterocycles. The second kappa shape index (κ2) is 2.68. The Morgan fingerprint density at radius 3 is 2.92 bits per heavy atom. The molecular weight excluding hydrogens is 182 g/mol. The van der Waals surface area contributed by atoms with Crippen molar-refractivity contribution in [2.24, 2.45) is 0 Å². The molecule has 0 saturated heterocycles. The lowest BCUT2D eigenvalue weighted by molar-refractivity contribution is 0.0983. The topological polar surface area (TPSA) is 29.1 Å². The Bertz CT molecular complexity index is 456. The molecule has 13 heavy (non-hydrogen) atoms. The molecule has 0 aromatic heterocycles. The number of carbonyl (C=O) groups is 1. The standard InChI is InChI=1S/C10H5NOS/c1-2-6-4-3-5-7-8(6)9(12)11-10(7)13/h1,3-5H,(H,11,12,13). The number of fused-ring (bicyclic) bond motifs is 1. The van der Waals surface area contributed by atoms with Crippen LogP contribution in [0.25, 0.3) is 0 Å². The van der Waals surface area contributed by atoms with E-state index >= 15 is 0 Å². The van der Waals surface area contributed by atoms with Crippen molar-refractivity contribution < 1.29 is 4.79 Å². The summed E-state index contributed by atoms with van der Waals surface area (Å²) in [5.74, 6) is 2.26. The Kier molecular flexibility index (Phi) is 1.64. The van der Waals surface area contributed by atoms with Gasteiger partial charge in [-0.15, -0.1) is 6.42 Å². The Labute approximate surface area is 81.0 Å². The average molecular weight is 187 g/mol. The van der Waals surface area contributed by atoms with Gasteiger partial charge < -0.3 is 5.32 Å². The average Bonchev–Trinajstić information content (AvgIpc) is 2.43. The molecule has 1 amide bonds. The van der Waals surface area contributed by atoms with E-state index in [1.165, 1.54) is 0 Å². The normalized spacial score (nSPS) is 13.5. The van der Waals surface area contributed by atoms with Crippen molar-refractivity contribution in [3.63, 3.8) is 0 Å². The van der Waals surface area contributed by atoms with Gasteiger partial charge in [0.1, 0.15) is 4.99 Å². The van der Waals surface area contributed by atoms with E-state index in [1.54, 1.807) is 18.2 Å². The molecule has 0 radical (unpaired) electrons. The van der Waals surface area contributed by atoms with Crippen molar-refractivity contribution in [1.29, 1.82) is 0 Å². The zero-order valence-electron chi connectivity index (χ0n) is 6.63. The van der Waals surface area contributed by atoms with Gasteiger partial charge in [-0.3, -0.25) is 4.79 Å². The second-order valence-corrected chi connectivity index (χ2v) is 3.06. The van der Waals surface area contributed by atoms with E-state index in [2.05, 4.69) is 11.2 Å². The first-order chi connectivity index (χ1) is 6.24. The van der Waals surface area contributed by atoms with Crippen LogP contribution in [0.5, 0.6) is 0 Å². The minimum atomic E-state index is -0.200. The van der Waals surface area contributed by atoms with Crippen LogP contribution in [-0.4, -0.2) is 10.9 Å². The minimum absolute atomic E-state index is 0.200. The van der Waals surface area contributed by atoms with Gasteiger partial charge in [0.25, 0.3) is 5.91 Å². The van der Waals surface area contributed by atoms with Gasteiger partial charge in [-0.05, 0) is 6.07 Å². The quantitative estimate of drug-likeness (QED) is 0.486. The number of amides is 1. The molecule has 1 N–H and O–H groups in total. The number of rotatable bonds is 0. The first-order valence-corrected chi connectivity index (χ1v) is 4.10. The monoisotopic (exact) mass is 187 g/mol. The first kappa shape index (κ1) is 7.96. The smallest absolute Gasteiger partial charge is 0.258 e. The first-order valence-electron chi connectivity index (χ1n) is 3.69. The molecule has 0 spiro atoms. The maximum absolute atomic E-state index is 11.4. The van der Waals surface area contributed by atoms with Crippen LogP contribution < -0.4 is 5.32 Å². The van der Waals surface area contributed by atoms with Crippen LogP contribution in [0.1, 0.15) is 21.5 Å². The summed E-state index contributed by atoms with van der Waals surface area (Å²) >= 11 is 4.96. The van der Waals surface area contributed by atoms with E-state index in [4.69, 9.17) is 18.6 Å². The Morgan fingerprint density at radius 1 is 1.46 bits per heavy atom. The fourth-order valence-electron chi connectivity index (χ4n) is 1.34. The van der Waals surface area contributed by atoms with Crippen molar-refractivity contribution in [2.75, 3.05) is 0 Å². The molecule has 1 aromatic rings. The van der Waals surface area contributed by atoms with Crippen molar-refractivity contribution in [3.05, 3.63) is 34.9 Å². The predicted molar refractivity (Wildman–Crippen MR) is 53.5 cm³/mol. The zero-order chi connectivity index (χ0) is 9.42. The zero-order valence-corrected chi connectivity index (χ0v) is 7.44. The maximum atomic E-state index is 11.4. The number of benzene rings is 1. The lowest BCUT2D eigenvalue weighted by Gasteiger charge is -1.96. The number of nitrogens with one attached hydrogen (secondary N) is 1. The number of thiocarbonyl (C=S) groups is 1. The Hall–Kier alpha value is -1.66. The molecule has 0 bridgehead atoms. The number of hydrogen-bond acceptors (Lipinski definition) is 2.